The van der Waals surface area contributed by atoms with Crippen molar-refractivity contribution in [2.45, 2.75) is 6.61 Å². The molecule has 7 heteroatoms. The first-order valence-electron chi connectivity index (χ1n) is 5.48. The predicted octanol–water partition coefficient (Wildman–Crippen LogP) is 4.21. The second-order valence-electron chi connectivity index (χ2n) is 3.86. The van der Waals surface area contributed by atoms with E-state index in [9.17, 15) is 18.9 Å². The fourth-order valence-electron chi connectivity index (χ4n) is 1.54. The van der Waals surface area contributed by atoms with Gasteiger partial charge in [0.05, 0.1) is 21.0 Å². The first kappa shape index (κ1) is 14.4. The summed E-state index contributed by atoms with van der Waals surface area (Å²) in [5, 5.41) is 10.6. The Hall–Kier alpha value is -2.02. The summed E-state index contributed by atoms with van der Waals surface area (Å²) in [6.07, 6.45) is 0. The Bertz CT molecular complexity index is 664. The zero-order chi connectivity index (χ0) is 14.7. The molecule has 0 heterocycles. The number of ether oxygens (including phenoxy) is 1. The van der Waals surface area contributed by atoms with Crippen LogP contribution < -0.4 is 4.74 Å². The van der Waals surface area contributed by atoms with Gasteiger partial charge in [0.1, 0.15) is 24.0 Å². The molecule has 0 aliphatic rings. The summed E-state index contributed by atoms with van der Waals surface area (Å²) in [6.45, 7) is -0.363. The van der Waals surface area contributed by atoms with Crippen LogP contribution in [0.25, 0.3) is 0 Å². The van der Waals surface area contributed by atoms with E-state index in [0.717, 1.165) is 6.07 Å². The van der Waals surface area contributed by atoms with Gasteiger partial charge in [-0.25, -0.2) is 8.78 Å². The summed E-state index contributed by atoms with van der Waals surface area (Å²) < 4.78 is 32.5. The highest BCUT2D eigenvalue weighted by Gasteiger charge is 2.13. The van der Waals surface area contributed by atoms with Gasteiger partial charge in [-0.05, 0) is 34.1 Å². The SMILES string of the molecule is O=[N+]([O-])c1cccc(OCc2c(F)ccc(Br)c2F)c1. The molecule has 0 fully saturated rings. The maximum Gasteiger partial charge on any atom is 0.273 e. The Morgan fingerprint density at radius 3 is 2.70 bits per heavy atom. The summed E-state index contributed by atoms with van der Waals surface area (Å²) >= 11 is 2.95. The molecule has 2 rings (SSSR count). The molecule has 0 saturated heterocycles. The second kappa shape index (κ2) is 5.96. The van der Waals surface area contributed by atoms with Gasteiger partial charge < -0.3 is 4.74 Å². The Morgan fingerprint density at radius 1 is 1.25 bits per heavy atom. The first-order valence-corrected chi connectivity index (χ1v) is 6.28. The molecule has 0 unspecified atom stereocenters. The fraction of sp³-hybridized carbons (Fsp3) is 0.0769. The van der Waals surface area contributed by atoms with E-state index in [1.807, 2.05) is 0 Å². The number of rotatable bonds is 4. The van der Waals surface area contributed by atoms with Gasteiger partial charge in [-0.15, -0.1) is 0 Å². The average Bonchev–Trinajstić information content (AvgIpc) is 2.43. The van der Waals surface area contributed by atoms with Crippen molar-refractivity contribution in [3.63, 3.8) is 0 Å². The maximum atomic E-state index is 13.7. The van der Waals surface area contributed by atoms with Crippen molar-refractivity contribution in [3.8, 4) is 5.75 Å². The molecule has 20 heavy (non-hydrogen) atoms. The lowest BCUT2D eigenvalue weighted by Gasteiger charge is -2.09. The van der Waals surface area contributed by atoms with Gasteiger partial charge in [0.25, 0.3) is 5.69 Å². The van der Waals surface area contributed by atoms with E-state index in [1.54, 1.807) is 0 Å². The number of hydrogen-bond donors (Lipinski definition) is 0. The second-order valence-corrected chi connectivity index (χ2v) is 4.72. The first-order chi connectivity index (χ1) is 9.49. The molecule has 0 spiro atoms. The molecule has 2 aromatic carbocycles. The quantitative estimate of drug-likeness (QED) is 0.474. The van der Waals surface area contributed by atoms with Crippen LogP contribution in [0.4, 0.5) is 14.5 Å². The van der Waals surface area contributed by atoms with Crippen LogP contribution in [0.2, 0.25) is 0 Å². The lowest BCUT2D eigenvalue weighted by atomic mass is 10.2. The Morgan fingerprint density at radius 2 is 2.00 bits per heavy atom. The molecule has 0 atom stereocenters. The molecule has 4 nitrogen and oxygen atoms in total. The molecule has 0 aromatic heterocycles. The number of nitro benzene ring substituents is 1. The number of nitrogens with zero attached hydrogens (tertiary/aromatic N) is 1. The maximum absolute atomic E-state index is 13.7. The van der Waals surface area contributed by atoms with E-state index >= 15 is 0 Å². The van der Waals surface area contributed by atoms with Crippen LogP contribution >= 0.6 is 15.9 Å². The van der Waals surface area contributed by atoms with E-state index < -0.39 is 16.6 Å². The minimum atomic E-state index is -0.754. The number of nitro groups is 1. The van der Waals surface area contributed by atoms with Crippen molar-refractivity contribution in [2.24, 2.45) is 0 Å². The molecule has 0 aliphatic carbocycles. The Kier molecular flexibility index (Phi) is 4.29. The molecular formula is C13H8BrF2NO3. The third-order valence-electron chi connectivity index (χ3n) is 2.55. The molecule has 104 valence electrons. The largest absolute Gasteiger partial charge is 0.488 e. The molecule has 0 N–H and O–H groups in total. The monoisotopic (exact) mass is 343 g/mol. The lowest BCUT2D eigenvalue weighted by molar-refractivity contribution is -0.384. The molecule has 0 saturated carbocycles. The summed E-state index contributed by atoms with van der Waals surface area (Å²) in [5.74, 6) is -1.33. The lowest BCUT2D eigenvalue weighted by Crippen LogP contribution is -2.03. The van der Waals surface area contributed by atoms with E-state index in [1.165, 1.54) is 30.3 Å². The third kappa shape index (κ3) is 3.11. The van der Waals surface area contributed by atoms with E-state index in [0.29, 0.717) is 0 Å². The third-order valence-corrected chi connectivity index (χ3v) is 3.16. The molecule has 0 bridgehead atoms. The number of hydrogen-bond acceptors (Lipinski definition) is 3. The molecule has 0 radical (unpaired) electrons. The minimum Gasteiger partial charge on any atom is -0.488 e. The van der Waals surface area contributed by atoms with Crippen molar-refractivity contribution in [2.75, 3.05) is 0 Å². The zero-order valence-electron chi connectivity index (χ0n) is 9.98. The van der Waals surface area contributed by atoms with Crippen LogP contribution in [0.5, 0.6) is 5.75 Å². The smallest absolute Gasteiger partial charge is 0.273 e. The number of halogens is 3. The molecule has 0 amide bonds. The van der Waals surface area contributed by atoms with Crippen LogP contribution in [-0.2, 0) is 6.61 Å². The average molecular weight is 344 g/mol. The van der Waals surface area contributed by atoms with Crippen LogP contribution in [0.1, 0.15) is 5.56 Å². The number of benzene rings is 2. The fourth-order valence-corrected chi connectivity index (χ4v) is 1.92. The predicted molar refractivity (Wildman–Crippen MR) is 71.5 cm³/mol. The van der Waals surface area contributed by atoms with Gasteiger partial charge in [0, 0.05) is 6.07 Å². The van der Waals surface area contributed by atoms with Crippen LogP contribution in [0, 0.1) is 21.7 Å². The van der Waals surface area contributed by atoms with Crippen LogP contribution in [0.3, 0.4) is 0 Å². The molecular weight excluding hydrogens is 336 g/mol. The summed E-state index contributed by atoms with van der Waals surface area (Å²) in [5.41, 5.74) is -0.399. The normalized spacial score (nSPS) is 10.3. The number of non-ortho nitro benzene ring substituents is 1. The standard InChI is InChI=1S/C13H8BrF2NO3/c14-11-4-5-12(15)10(13(11)16)7-20-9-3-1-2-8(6-9)17(18)19/h1-6H,7H2. The van der Waals surface area contributed by atoms with Crippen molar-refractivity contribution in [1.82, 2.24) is 0 Å². The van der Waals surface area contributed by atoms with E-state index in [-0.39, 0.29) is 28.1 Å². The topological polar surface area (TPSA) is 52.4 Å². The van der Waals surface area contributed by atoms with Crippen molar-refractivity contribution in [3.05, 3.63) is 68.2 Å². The van der Waals surface area contributed by atoms with E-state index in [4.69, 9.17) is 4.74 Å². The van der Waals surface area contributed by atoms with Crippen molar-refractivity contribution in [1.29, 1.82) is 0 Å². The van der Waals surface area contributed by atoms with Crippen molar-refractivity contribution < 1.29 is 18.4 Å². The highest BCUT2D eigenvalue weighted by Crippen LogP contribution is 2.24. The summed E-state index contributed by atoms with van der Waals surface area (Å²) in [6, 6.07) is 7.75. The Labute approximate surface area is 121 Å². The van der Waals surface area contributed by atoms with Gasteiger partial charge in [-0.1, -0.05) is 6.07 Å². The van der Waals surface area contributed by atoms with Gasteiger partial charge in [0.2, 0.25) is 0 Å². The molecule has 2 aromatic rings. The van der Waals surface area contributed by atoms with Gasteiger partial charge in [0.15, 0.2) is 0 Å². The highest BCUT2D eigenvalue weighted by molar-refractivity contribution is 9.10. The van der Waals surface area contributed by atoms with Crippen LogP contribution in [0.15, 0.2) is 40.9 Å². The summed E-state index contributed by atoms with van der Waals surface area (Å²) in [7, 11) is 0. The highest BCUT2D eigenvalue weighted by atomic mass is 79.9. The van der Waals surface area contributed by atoms with Gasteiger partial charge in [-0.2, -0.15) is 0 Å². The van der Waals surface area contributed by atoms with Crippen LogP contribution in [-0.4, -0.2) is 4.92 Å². The summed E-state index contributed by atoms with van der Waals surface area (Å²) in [4.78, 5) is 10.0. The zero-order valence-corrected chi connectivity index (χ0v) is 11.6. The van der Waals surface area contributed by atoms with Gasteiger partial charge >= 0.3 is 0 Å². The van der Waals surface area contributed by atoms with E-state index in [2.05, 4.69) is 15.9 Å². The van der Waals surface area contributed by atoms with Crippen molar-refractivity contribution >= 4 is 21.6 Å². The van der Waals surface area contributed by atoms with Gasteiger partial charge in [-0.3, -0.25) is 10.1 Å². The molecule has 0 aliphatic heterocycles. The minimum absolute atomic E-state index is 0.122. The Balaban J connectivity index is 2.19.